The molecule has 2 heterocycles. The summed E-state index contributed by atoms with van der Waals surface area (Å²) in [5.41, 5.74) is -1.91. The summed E-state index contributed by atoms with van der Waals surface area (Å²) < 4.78 is 5.88. The molecule has 152 valence electrons. The number of aliphatic hydroxyl groups is 1. The molecule has 3 fully saturated rings. The van der Waals surface area contributed by atoms with Crippen molar-refractivity contribution in [1.29, 1.82) is 0 Å². The fourth-order valence-corrected chi connectivity index (χ4v) is 5.96. The van der Waals surface area contributed by atoms with Crippen LogP contribution < -0.4 is 4.90 Å². The maximum absolute atomic E-state index is 13.1. The average Bonchev–Trinajstić information content (AvgIpc) is 3.34. The van der Waals surface area contributed by atoms with Crippen molar-refractivity contribution in [1.82, 2.24) is 0 Å². The van der Waals surface area contributed by atoms with Gasteiger partial charge in [0, 0.05) is 17.2 Å². The molecule has 1 saturated carbocycles. The van der Waals surface area contributed by atoms with Gasteiger partial charge in [-0.05, 0) is 56.9 Å². The number of hydrogen-bond donors (Lipinski definition) is 1. The highest BCUT2D eigenvalue weighted by Crippen LogP contribution is 2.62. The molecule has 2 aliphatic heterocycles. The first-order valence-electron chi connectivity index (χ1n) is 10.2. The van der Waals surface area contributed by atoms with Crippen molar-refractivity contribution < 1.29 is 24.2 Å². The quantitative estimate of drug-likeness (QED) is 0.470. The SMILES string of the molecule is CC(=O)c1cccc(N2CC23C(=O)OC2C3CC[C@H](C)[C@]3(O)C=CC(=O)[C@@]23C)c1. The lowest BCUT2D eigenvalue weighted by Gasteiger charge is -2.43. The van der Waals surface area contributed by atoms with Gasteiger partial charge in [-0.15, -0.1) is 0 Å². The van der Waals surface area contributed by atoms with Crippen molar-refractivity contribution in [2.24, 2.45) is 17.3 Å². The van der Waals surface area contributed by atoms with Gasteiger partial charge in [-0.25, -0.2) is 4.79 Å². The Labute approximate surface area is 169 Å². The summed E-state index contributed by atoms with van der Waals surface area (Å²) in [4.78, 5) is 39.8. The average molecular weight is 395 g/mol. The fraction of sp³-hybridized carbons (Fsp3) is 0.522. The number of carbonyl (C=O) groups is 3. The number of carbonyl (C=O) groups excluding carboxylic acids is 3. The number of ketones is 2. The molecule has 6 nitrogen and oxygen atoms in total. The molecule has 0 radical (unpaired) electrons. The number of rotatable bonds is 2. The van der Waals surface area contributed by atoms with Crippen molar-refractivity contribution in [2.75, 3.05) is 11.4 Å². The lowest BCUT2D eigenvalue weighted by molar-refractivity contribution is -0.166. The highest BCUT2D eigenvalue weighted by Gasteiger charge is 2.77. The number of allylic oxidation sites excluding steroid dienone is 1. The van der Waals surface area contributed by atoms with Crippen LogP contribution in [0.5, 0.6) is 0 Å². The van der Waals surface area contributed by atoms with E-state index in [0.717, 1.165) is 5.69 Å². The minimum atomic E-state index is -1.32. The largest absolute Gasteiger partial charge is 0.459 e. The van der Waals surface area contributed by atoms with Gasteiger partial charge in [-0.2, -0.15) is 0 Å². The number of fused-ring (bicyclic) bond motifs is 4. The van der Waals surface area contributed by atoms with E-state index in [1.54, 1.807) is 25.1 Å². The van der Waals surface area contributed by atoms with Gasteiger partial charge in [0.15, 0.2) is 17.1 Å². The fourth-order valence-electron chi connectivity index (χ4n) is 5.96. The smallest absolute Gasteiger partial charge is 0.334 e. The van der Waals surface area contributed by atoms with Gasteiger partial charge in [0.2, 0.25) is 0 Å². The number of hydrogen-bond acceptors (Lipinski definition) is 6. The predicted octanol–water partition coefficient (Wildman–Crippen LogP) is 2.30. The van der Waals surface area contributed by atoms with E-state index in [0.29, 0.717) is 24.9 Å². The van der Waals surface area contributed by atoms with Crippen LogP contribution >= 0.6 is 0 Å². The van der Waals surface area contributed by atoms with Crippen LogP contribution in [0.3, 0.4) is 0 Å². The monoisotopic (exact) mass is 395 g/mol. The van der Waals surface area contributed by atoms with Crippen LogP contribution in [0.2, 0.25) is 0 Å². The van der Waals surface area contributed by atoms with Gasteiger partial charge >= 0.3 is 5.97 Å². The zero-order chi connectivity index (χ0) is 20.8. The van der Waals surface area contributed by atoms with E-state index in [2.05, 4.69) is 0 Å². The Hall–Kier alpha value is -2.47. The number of Topliss-reactive ketones (excluding diaryl/α,β-unsaturated/α-hetero) is 1. The lowest BCUT2D eigenvalue weighted by Crippen LogP contribution is -2.57. The van der Waals surface area contributed by atoms with Gasteiger partial charge < -0.3 is 14.7 Å². The van der Waals surface area contributed by atoms with Crippen molar-refractivity contribution in [3.05, 3.63) is 42.0 Å². The molecule has 1 spiro atoms. The molecule has 2 saturated heterocycles. The number of ether oxygens (including phenoxy) is 1. The van der Waals surface area contributed by atoms with Crippen LogP contribution in [0.1, 0.15) is 44.0 Å². The molecule has 1 aromatic rings. The van der Waals surface area contributed by atoms with E-state index in [1.807, 2.05) is 24.0 Å². The van der Waals surface area contributed by atoms with Crippen LogP contribution in [0.15, 0.2) is 36.4 Å². The van der Waals surface area contributed by atoms with Crippen LogP contribution in [0.4, 0.5) is 5.69 Å². The third kappa shape index (κ3) is 2.08. The zero-order valence-corrected chi connectivity index (χ0v) is 16.8. The highest BCUT2D eigenvalue weighted by molar-refractivity contribution is 6.02. The minimum Gasteiger partial charge on any atom is -0.459 e. The summed E-state index contributed by atoms with van der Waals surface area (Å²) >= 11 is 0. The molecule has 6 atom stereocenters. The summed E-state index contributed by atoms with van der Waals surface area (Å²) in [5, 5.41) is 11.4. The summed E-state index contributed by atoms with van der Waals surface area (Å²) in [6, 6.07) is 7.27. The molecule has 6 heteroatoms. The van der Waals surface area contributed by atoms with E-state index in [9.17, 15) is 19.5 Å². The minimum absolute atomic E-state index is 0.0295. The molecule has 29 heavy (non-hydrogen) atoms. The number of anilines is 1. The molecule has 0 bridgehead atoms. The van der Waals surface area contributed by atoms with E-state index < -0.39 is 22.7 Å². The molecule has 0 amide bonds. The number of esters is 1. The Bertz CT molecular complexity index is 985. The Morgan fingerprint density at radius 3 is 2.76 bits per heavy atom. The Morgan fingerprint density at radius 2 is 2.03 bits per heavy atom. The Kier molecular flexibility index (Phi) is 3.56. The van der Waals surface area contributed by atoms with Crippen LogP contribution in [0, 0.1) is 17.3 Å². The maximum atomic E-state index is 13.1. The molecule has 0 aromatic heterocycles. The molecule has 4 aliphatic rings. The first kappa shape index (κ1) is 18.6. The van der Waals surface area contributed by atoms with Crippen LogP contribution in [0.25, 0.3) is 0 Å². The third-order valence-corrected chi connectivity index (χ3v) is 7.97. The van der Waals surface area contributed by atoms with Gasteiger partial charge in [0.05, 0.1) is 12.0 Å². The zero-order valence-electron chi connectivity index (χ0n) is 16.8. The van der Waals surface area contributed by atoms with Gasteiger partial charge in [0.25, 0.3) is 0 Å². The lowest BCUT2D eigenvalue weighted by atomic mass is 9.64. The number of benzene rings is 1. The Morgan fingerprint density at radius 1 is 1.28 bits per heavy atom. The first-order valence-corrected chi connectivity index (χ1v) is 10.2. The second-order valence-electron chi connectivity index (χ2n) is 9.25. The van der Waals surface area contributed by atoms with Crippen LogP contribution in [-0.2, 0) is 14.3 Å². The second kappa shape index (κ2) is 5.57. The van der Waals surface area contributed by atoms with E-state index in [4.69, 9.17) is 4.74 Å². The molecule has 1 N–H and O–H groups in total. The molecular weight excluding hydrogens is 370 g/mol. The normalized spacial score (nSPS) is 42.5. The molecule has 2 aliphatic carbocycles. The van der Waals surface area contributed by atoms with E-state index in [-0.39, 0.29) is 29.4 Å². The Balaban J connectivity index is 1.56. The molecule has 5 rings (SSSR count). The second-order valence-corrected chi connectivity index (χ2v) is 9.25. The maximum Gasteiger partial charge on any atom is 0.334 e. The van der Waals surface area contributed by atoms with Crippen molar-refractivity contribution in [2.45, 2.75) is 50.9 Å². The van der Waals surface area contributed by atoms with Crippen molar-refractivity contribution in [3.63, 3.8) is 0 Å². The third-order valence-electron chi connectivity index (χ3n) is 7.97. The molecule has 1 aromatic carbocycles. The summed E-state index contributed by atoms with van der Waals surface area (Å²) in [6.45, 7) is 5.71. The predicted molar refractivity (Wildman–Crippen MR) is 105 cm³/mol. The first-order chi connectivity index (χ1) is 13.7. The van der Waals surface area contributed by atoms with Crippen molar-refractivity contribution >= 4 is 23.2 Å². The van der Waals surface area contributed by atoms with Gasteiger partial charge in [-0.1, -0.05) is 19.1 Å². The van der Waals surface area contributed by atoms with E-state index >= 15 is 0 Å². The number of nitrogens with zero attached hydrogens (tertiary/aromatic N) is 1. The van der Waals surface area contributed by atoms with Crippen LogP contribution in [-0.4, -0.2) is 46.4 Å². The topological polar surface area (TPSA) is 83.7 Å². The van der Waals surface area contributed by atoms with E-state index in [1.165, 1.54) is 13.0 Å². The summed E-state index contributed by atoms with van der Waals surface area (Å²) in [5.74, 6) is -0.859. The standard InChI is InChI=1S/C23H25NO5/c1-13-7-8-17-19(21(3)18(26)9-10-23(13,21)28)29-20(27)22(17)12-24(22)16-6-4-5-15(11-16)14(2)25/h4-6,9-11,13,17,19,28H,7-8,12H2,1-3H3/t13-,17?,19?,21-,22?,23+,24?/m0/s1. The summed E-state index contributed by atoms with van der Waals surface area (Å²) in [7, 11) is 0. The highest BCUT2D eigenvalue weighted by atomic mass is 16.6. The van der Waals surface area contributed by atoms with Gasteiger partial charge in [-0.3, -0.25) is 9.59 Å². The molecule has 3 unspecified atom stereocenters. The van der Waals surface area contributed by atoms with Gasteiger partial charge in [0.1, 0.15) is 11.7 Å². The molecular formula is C23H25NO5. The van der Waals surface area contributed by atoms with Crippen molar-refractivity contribution in [3.8, 4) is 0 Å². The summed E-state index contributed by atoms with van der Waals surface area (Å²) in [6.07, 6.45) is 3.76.